The number of pyridine rings is 1. The standard InChI is InChI=1S/C19H15ClN4O/c1-13(14-7-3-2-4-8-14)22-19(25)15(12-21)11-16-18(20)23-17-9-5-6-10-24(16)17/h2-11,13H,1H3,(H,22,25)/b15-11+. The third-order valence-electron chi connectivity index (χ3n) is 3.82. The lowest BCUT2D eigenvalue weighted by Crippen LogP contribution is -2.27. The quantitative estimate of drug-likeness (QED) is 0.575. The molecule has 124 valence electrons. The Morgan fingerprint density at radius 2 is 2.00 bits per heavy atom. The minimum atomic E-state index is -0.458. The molecular weight excluding hydrogens is 336 g/mol. The first-order chi connectivity index (χ1) is 12.1. The van der Waals surface area contributed by atoms with Crippen molar-refractivity contribution in [3.63, 3.8) is 0 Å². The Balaban J connectivity index is 1.89. The van der Waals surface area contributed by atoms with Gasteiger partial charge in [0.25, 0.3) is 5.91 Å². The molecule has 2 heterocycles. The summed E-state index contributed by atoms with van der Waals surface area (Å²) in [5.41, 5.74) is 2.07. The van der Waals surface area contributed by atoms with E-state index in [4.69, 9.17) is 11.6 Å². The third-order valence-corrected chi connectivity index (χ3v) is 4.09. The number of nitriles is 1. The van der Waals surface area contributed by atoms with E-state index in [1.807, 2.05) is 55.5 Å². The third kappa shape index (κ3) is 3.54. The molecule has 0 aliphatic heterocycles. The van der Waals surface area contributed by atoms with Crippen LogP contribution in [-0.2, 0) is 4.79 Å². The molecule has 1 N–H and O–H groups in total. The predicted molar refractivity (Wildman–Crippen MR) is 96.8 cm³/mol. The lowest BCUT2D eigenvalue weighted by Gasteiger charge is -2.13. The van der Waals surface area contributed by atoms with Gasteiger partial charge in [-0.25, -0.2) is 4.98 Å². The van der Waals surface area contributed by atoms with E-state index in [1.54, 1.807) is 16.7 Å². The van der Waals surface area contributed by atoms with Crippen LogP contribution in [0.5, 0.6) is 0 Å². The Morgan fingerprint density at radius 1 is 1.28 bits per heavy atom. The first-order valence-corrected chi connectivity index (χ1v) is 8.08. The highest BCUT2D eigenvalue weighted by molar-refractivity contribution is 6.31. The van der Waals surface area contributed by atoms with E-state index in [-0.39, 0.29) is 16.8 Å². The Bertz CT molecular complexity index is 986. The number of nitrogens with zero attached hydrogens (tertiary/aromatic N) is 3. The molecule has 0 saturated carbocycles. The topological polar surface area (TPSA) is 70.2 Å². The van der Waals surface area contributed by atoms with Gasteiger partial charge in [0.15, 0.2) is 5.15 Å². The molecule has 1 amide bonds. The largest absolute Gasteiger partial charge is 0.345 e. The van der Waals surface area contributed by atoms with Gasteiger partial charge in [0, 0.05) is 6.20 Å². The number of fused-ring (bicyclic) bond motifs is 1. The Kier molecular flexibility index (Phi) is 4.82. The molecule has 2 aromatic heterocycles. The molecule has 0 aliphatic rings. The number of hydrogen-bond acceptors (Lipinski definition) is 3. The van der Waals surface area contributed by atoms with Gasteiger partial charge in [-0.1, -0.05) is 48.0 Å². The Labute approximate surface area is 150 Å². The molecule has 1 unspecified atom stereocenters. The molecule has 1 atom stereocenters. The van der Waals surface area contributed by atoms with Gasteiger partial charge in [0.1, 0.15) is 17.3 Å². The number of halogens is 1. The van der Waals surface area contributed by atoms with Crippen LogP contribution in [0.2, 0.25) is 5.15 Å². The number of nitrogens with one attached hydrogen (secondary N) is 1. The average Bonchev–Trinajstić information content (AvgIpc) is 2.95. The normalized spacial score (nSPS) is 12.6. The maximum absolute atomic E-state index is 12.5. The summed E-state index contributed by atoms with van der Waals surface area (Å²) in [6.07, 6.45) is 3.23. The van der Waals surface area contributed by atoms with Gasteiger partial charge in [0.2, 0.25) is 0 Å². The summed E-state index contributed by atoms with van der Waals surface area (Å²) >= 11 is 6.16. The summed E-state index contributed by atoms with van der Waals surface area (Å²) in [4.78, 5) is 16.7. The smallest absolute Gasteiger partial charge is 0.262 e. The van der Waals surface area contributed by atoms with Crippen LogP contribution in [0.15, 0.2) is 60.3 Å². The van der Waals surface area contributed by atoms with Gasteiger partial charge in [-0.15, -0.1) is 0 Å². The number of aromatic nitrogens is 2. The second-order valence-electron chi connectivity index (χ2n) is 5.49. The molecule has 6 heteroatoms. The molecule has 0 fully saturated rings. The summed E-state index contributed by atoms with van der Waals surface area (Å²) < 4.78 is 1.73. The molecule has 25 heavy (non-hydrogen) atoms. The summed E-state index contributed by atoms with van der Waals surface area (Å²) in [6.45, 7) is 1.86. The minimum Gasteiger partial charge on any atom is -0.345 e. The number of carbonyl (C=O) groups is 1. The lowest BCUT2D eigenvalue weighted by molar-refractivity contribution is -0.117. The second kappa shape index (κ2) is 7.20. The van der Waals surface area contributed by atoms with Gasteiger partial charge in [-0.2, -0.15) is 5.26 Å². The van der Waals surface area contributed by atoms with Crippen LogP contribution in [-0.4, -0.2) is 15.3 Å². The zero-order valence-corrected chi connectivity index (χ0v) is 14.2. The number of hydrogen-bond donors (Lipinski definition) is 1. The van der Waals surface area contributed by atoms with Crippen molar-refractivity contribution in [3.05, 3.63) is 76.7 Å². The summed E-state index contributed by atoms with van der Waals surface area (Å²) in [6, 6.07) is 16.7. The number of amides is 1. The fourth-order valence-corrected chi connectivity index (χ4v) is 2.73. The van der Waals surface area contributed by atoms with Gasteiger partial charge in [-0.3, -0.25) is 9.20 Å². The summed E-state index contributed by atoms with van der Waals surface area (Å²) in [5.74, 6) is -0.458. The van der Waals surface area contributed by atoms with Crippen molar-refractivity contribution in [2.24, 2.45) is 0 Å². The molecule has 5 nitrogen and oxygen atoms in total. The molecule has 0 spiro atoms. The molecular formula is C19H15ClN4O. The number of carbonyl (C=O) groups excluding carboxylic acids is 1. The fourth-order valence-electron chi connectivity index (χ4n) is 2.50. The monoisotopic (exact) mass is 350 g/mol. The van der Waals surface area contributed by atoms with E-state index >= 15 is 0 Å². The van der Waals surface area contributed by atoms with Crippen molar-refractivity contribution >= 4 is 29.2 Å². The van der Waals surface area contributed by atoms with Gasteiger partial charge < -0.3 is 5.32 Å². The van der Waals surface area contributed by atoms with Crippen LogP contribution in [0, 0.1) is 11.3 Å². The minimum absolute atomic E-state index is 0.0321. The molecule has 0 aliphatic carbocycles. The van der Waals surface area contributed by atoms with Crippen LogP contribution >= 0.6 is 11.6 Å². The van der Waals surface area contributed by atoms with Crippen molar-refractivity contribution < 1.29 is 4.79 Å². The number of imidazole rings is 1. The molecule has 0 saturated heterocycles. The maximum Gasteiger partial charge on any atom is 0.262 e. The SMILES string of the molecule is CC(NC(=O)/C(C#N)=C/c1c(Cl)nc2ccccn12)c1ccccc1. The fraction of sp³-hybridized carbons (Fsp3) is 0.105. The van der Waals surface area contributed by atoms with Crippen molar-refractivity contribution in [1.29, 1.82) is 5.26 Å². The zero-order chi connectivity index (χ0) is 17.8. The average molecular weight is 351 g/mol. The van der Waals surface area contributed by atoms with Crippen molar-refractivity contribution in [1.82, 2.24) is 14.7 Å². The van der Waals surface area contributed by atoms with E-state index < -0.39 is 5.91 Å². The van der Waals surface area contributed by atoms with Crippen LogP contribution in [0.3, 0.4) is 0 Å². The van der Waals surface area contributed by atoms with E-state index in [0.29, 0.717) is 11.3 Å². The van der Waals surface area contributed by atoms with Crippen LogP contribution in [0.25, 0.3) is 11.7 Å². The van der Waals surface area contributed by atoms with Crippen molar-refractivity contribution in [3.8, 4) is 6.07 Å². The van der Waals surface area contributed by atoms with Gasteiger partial charge in [-0.05, 0) is 30.7 Å². The Hall–Kier alpha value is -3.10. The summed E-state index contributed by atoms with van der Waals surface area (Å²) in [7, 11) is 0. The van der Waals surface area contributed by atoms with E-state index in [9.17, 15) is 10.1 Å². The highest BCUT2D eigenvalue weighted by Crippen LogP contribution is 2.21. The summed E-state index contributed by atoms with van der Waals surface area (Å²) in [5, 5.41) is 12.5. The van der Waals surface area contributed by atoms with Crippen molar-refractivity contribution in [2.45, 2.75) is 13.0 Å². The van der Waals surface area contributed by atoms with E-state index in [2.05, 4.69) is 10.3 Å². The lowest BCUT2D eigenvalue weighted by atomic mass is 10.1. The maximum atomic E-state index is 12.5. The highest BCUT2D eigenvalue weighted by atomic mass is 35.5. The van der Waals surface area contributed by atoms with Crippen LogP contribution in [0.4, 0.5) is 0 Å². The number of rotatable bonds is 4. The first kappa shape index (κ1) is 16.7. The van der Waals surface area contributed by atoms with E-state index in [1.165, 1.54) is 6.08 Å². The van der Waals surface area contributed by atoms with Gasteiger partial charge in [0.05, 0.1) is 11.7 Å². The van der Waals surface area contributed by atoms with Gasteiger partial charge >= 0.3 is 0 Å². The number of benzene rings is 1. The molecule has 0 bridgehead atoms. The zero-order valence-electron chi connectivity index (χ0n) is 13.5. The van der Waals surface area contributed by atoms with E-state index in [0.717, 1.165) is 5.56 Å². The highest BCUT2D eigenvalue weighted by Gasteiger charge is 2.16. The van der Waals surface area contributed by atoms with Crippen LogP contribution < -0.4 is 5.32 Å². The molecule has 0 radical (unpaired) electrons. The van der Waals surface area contributed by atoms with Crippen LogP contribution in [0.1, 0.15) is 24.2 Å². The molecule has 3 rings (SSSR count). The van der Waals surface area contributed by atoms with Crippen molar-refractivity contribution in [2.75, 3.05) is 0 Å². The predicted octanol–water partition coefficient (Wildman–Crippen LogP) is 3.77. The Morgan fingerprint density at radius 3 is 2.72 bits per heavy atom. The first-order valence-electron chi connectivity index (χ1n) is 7.70. The molecule has 3 aromatic rings. The molecule has 1 aromatic carbocycles. The second-order valence-corrected chi connectivity index (χ2v) is 5.85.